The van der Waals surface area contributed by atoms with Crippen LogP contribution in [0.2, 0.25) is 0 Å². The number of aromatic amines is 1. The fourth-order valence-corrected chi connectivity index (χ4v) is 5.33. The first-order chi connectivity index (χ1) is 10.0. The summed E-state index contributed by atoms with van der Waals surface area (Å²) in [4.78, 5) is 17.1. The highest BCUT2D eigenvalue weighted by atomic mass is 32.2. The van der Waals surface area contributed by atoms with Gasteiger partial charge in [-0.1, -0.05) is 6.92 Å². The zero-order valence-corrected chi connectivity index (χ0v) is 13.1. The van der Waals surface area contributed by atoms with E-state index >= 15 is 0 Å². The van der Waals surface area contributed by atoms with Crippen molar-refractivity contribution in [2.75, 3.05) is 34.4 Å². The topological polar surface area (TPSA) is 118 Å². The molecule has 0 amide bonds. The molecule has 0 spiro atoms. The average Bonchev–Trinajstić information content (AvgIpc) is 2.94. The van der Waals surface area contributed by atoms with Gasteiger partial charge in [0, 0.05) is 23.8 Å². The number of thioether (sulfide) groups is 1. The molecule has 1 fully saturated rings. The van der Waals surface area contributed by atoms with Crippen LogP contribution in [-0.2, 0) is 9.84 Å². The van der Waals surface area contributed by atoms with Gasteiger partial charge in [0.2, 0.25) is 5.95 Å². The van der Waals surface area contributed by atoms with Gasteiger partial charge in [0.15, 0.2) is 21.3 Å². The highest BCUT2D eigenvalue weighted by Gasteiger charge is 2.35. The summed E-state index contributed by atoms with van der Waals surface area (Å²) in [6.45, 7) is 2.26. The van der Waals surface area contributed by atoms with E-state index in [0.29, 0.717) is 29.3 Å². The Labute approximate surface area is 126 Å². The van der Waals surface area contributed by atoms with Gasteiger partial charge in [-0.3, -0.25) is 0 Å². The van der Waals surface area contributed by atoms with Crippen molar-refractivity contribution in [3.8, 4) is 0 Å². The van der Waals surface area contributed by atoms with E-state index in [1.807, 2.05) is 0 Å². The Kier molecular flexibility index (Phi) is 3.66. The molecule has 1 atom stereocenters. The Morgan fingerprint density at radius 2 is 2.33 bits per heavy atom. The molecule has 2 aromatic heterocycles. The van der Waals surface area contributed by atoms with Crippen molar-refractivity contribution in [2.24, 2.45) is 0 Å². The summed E-state index contributed by atoms with van der Waals surface area (Å²) in [6.07, 6.45) is 1.50. The largest absolute Gasteiger partial charge is 0.368 e. The molecular formula is C11H16N6O2S2. The van der Waals surface area contributed by atoms with Crippen molar-refractivity contribution < 1.29 is 8.42 Å². The van der Waals surface area contributed by atoms with Crippen molar-refractivity contribution in [1.82, 2.24) is 19.9 Å². The van der Waals surface area contributed by atoms with Crippen LogP contribution >= 0.6 is 11.8 Å². The quantitative estimate of drug-likeness (QED) is 0.823. The summed E-state index contributed by atoms with van der Waals surface area (Å²) in [6, 6.07) is 0. The zero-order chi connectivity index (χ0) is 15.0. The van der Waals surface area contributed by atoms with Gasteiger partial charge in [-0.25, -0.2) is 13.4 Å². The highest BCUT2D eigenvalue weighted by molar-refractivity contribution is 8.01. The van der Waals surface area contributed by atoms with Crippen LogP contribution in [0.1, 0.15) is 6.92 Å². The van der Waals surface area contributed by atoms with E-state index in [9.17, 15) is 8.42 Å². The third-order valence-electron chi connectivity index (χ3n) is 3.46. The fraction of sp³-hybridized carbons (Fsp3) is 0.545. The first-order valence-corrected chi connectivity index (χ1v) is 9.42. The van der Waals surface area contributed by atoms with Crippen LogP contribution in [0.25, 0.3) is 11.2 Å². The lowest BCUT2D eigenvalue weighted by molar-refractivity contribution is 0.579. The molecule has 1 aliphatic rings. The van der Waals surface area contributed by atoms with Crippen LogP contribution in [0.4, 0.5) is 11.8 Å². The molecule has 3 rings (SSSR count). The Morgan fingerprint density at radius 3 is 3.10 bits per heavy atom. The second kappa shape index (κ2) is 5.34. The molecule has 1 saturated heterocycles. The number of nitrogens with one attached hydrogen (secondary N) is 1. The predicted molar refractivity (Wildman–Crippen MR) is 84.0 cm³/mol. The van der Waals surface area contributed by atoms with E-state index in [1.54, 1.807) is 23.6 Å². The van der Waals surface area contributed by atoms with Gasteiger partial charge >= 0.3 is 0 Å². The molecular weight excluding hydrogens is 312 g/mol. The number of hydrogen-bond acceptors (Lipinski definition) is 8. The third-order valence-corrected chi connectivity index (χ3v) is 6.75. The molecule has 8 nitrogen and oxygen atoms in total. The predicted octanol–water partition coefficient (Wildman–Crippen LogP) is 0.249. The van der Waals surface area contributed by atoms with Gasteiger partial charge in [0.25, 0.3) is 0 Å². The number of sulfone groups is 1. The molecule has 3 heterocycles. The van der Waals surface area contributed by atoms with Gasteiger partial charge < -0.3 is 15.6 Å². The molecule has 3 N–H and O–H groups in total. The number of nitrogens with two attached hydrogens (primary N) is 1. The number of aromatic nitrogens is 4. The van der Waals surface area contributed by atoms with E-state index in [1.165, 1.54) is 6.33 Å². The minimum absolute atomic E-state index is 0.0930. The minimum atomic E-state index is -3.21. The molecule has 0 aliphatic carbocycles. The van der Waals surface area contributed by atoms with E-state index in [2.05, 4.69) is 19.9 Å². The second-order valence-electron chi connectivity index (χ2n) is 4.68. The van der Waals surface area contributed by atoms with Crippen LogP contribution in [0.15, 0.2) is 6.33 Å². The Bertz CT molecular complexity index is 759. The van der Waals surface area contributed by atoms with Crippen molar-refractivity contribution in [2.45, 2.75) is 12.3 Å². The first kappa shape index (κ1) is 14.4. The molecule has 1 aliphatic heterocycles. The molecule has 10 heteroatoms. The number of fused-ring (bicyclic) bond motifs is 1. The lowest BCUT2D eigenvalue weighted by Gasteiger charge is -2.35. The van der Waals surface area contributed by atoms with Crippen LogP contribution in [0, 0.1) is 0 Å². The van der Waals surface area contributed by atoms with E-state index in [-0.39, 0.29) is 11.7 Å². The molecule has 0 radical (unpaired) electrons. The minimum Gasteiger partial charge on any atom is -0.368 e. The van der Waals surface area contributed by atoms with E-state index in [4.69, 9.17) is 5.73 Å². The third kappa shape index (κ3) is 2.53. The summed E-state index contributed by atoms with van der Waals surface area (Å²) in [5.74, 6) is 2.07. The van der Waals surface area contributed by atoms with Gasteiger partial charge in [0.1, 0.15) is 10.9 Å². The Morgan fingerprint density at radius 1 is 1.52 bits per heavy atom. The lowest BCUT2D eigenvalue weighted by atomic mass is 10.4. The Balaban J connectivity index is 2.12. The standard InChI is InChI=1S/C11H16N6O2S2/c1-2-21(18,19)7-5-20-4-3-17(7)10-8-9(14-6-13-8)15-11(12)16-10/h6-7H,2-5H2,1H3,(H3,12,13,14,15,16). The second-order valence-corrected chi connectivity index (χ2v) is 8.28. The van der Waals surface area contributed by atoms with Crippen LogP contribution in [0.3, 0.4) is 0 Å². The van der Waals surface area contributed by atoms with Gasteiger partial charge in [0.05, 0.1) is 6.33 Å². The number of H-pyrrole nitrogens is 1. The molecule has 21 heavy (non-hydrogen) atoms. The number of imidazole rings is 1. The Hall–Kier alpha value is -1.55. The van der Waals surface area contributed by atoms with Crippen LogP contribution in [-0.4, -0.2) is 57.5 Å². The van der Waals surface area contributed by atoms with Crippen molar-refractivity contribution in [3.05, 3.63) is 6.33 Å². The fourth-order valence-electron chi connectivity index (χ4n) is 2.36. The summed E-state index contributed by atoms with van der Waals surface area (Å²) in [5.41, 5.74) is 6.79. The number of anilines is 2. The number of nitrogens with zero attached hydrogens (tertiary/aromatic N) is 4. The van der Waals surface area contributed by atoms with Crippen molar-refractivity contribution in [3.63, 3.8) is 0 Å². The smallest absolute Gasteiger partial charge is 0.224 e. The van der Waals surface area contributed by atoms with E-state index < -0.39 is 15.2 Å². The maximum Gasteiger partial charge on any atom is 0.224 e. The number of rotatable bonds is 3. The molecule has 0 bridgehead atoms. The molecule has 2 aromatic rings. The summed E-state index contributed by atoms with van der Waals surface area (Å²) >= 11 is 1.63. The maximum absolute atomic E-state index is 12.3. The average molecular weight is 328 g/mol. The van der Waals surface area contributed by atoms with Crippen LogP contribution < -0.4 is 10.6 Å². The molecule has 0 saturated carbocycles. The monoisotopic (exact) mass is 328 g/mol. The van der Waals surface area contributed by atoms with Gasteiger partial charge in [-0.2, -0.15) is 21.7 Å². The van der Waals surface area contributed by atoms with Gasteiger partial charge in [-0.05, 0) is 0 Å². The lowest BCUT2D eigenvalue weighted by Crippen LogP contribution is -2.48. The SMILES string of the molecule is CCS(=O)(=O)C1CSCCN1c1nc(N)nc2nc[nH]c12. The van der Waals surface area contributed by atoms with E-state index in [0.717, 1.165) is 5.75 Å². The molecule has 0 aromatic carbocycles. The summed E-state index contributed by atoms with van der Waals surface area (Å²) < 4.78 is 24.7. The maximum atomic E-state index is 12.3. The number of hydrogen-bond donors (Lipinski definition) is 2. The highest BCUT2D eigenvalue weighted by Crippen LogP contribution is 2.30. The normalized spacial score (nSPS) is 20.0. The van der Waals surface area contributed by atoms with Crippen molar-refractivity contribution in [1.29, 1.82) is 0 Å². The number of nitrogen functional groups attached to an aromatic ring is 1. The first-order valence-electron chi connectivity index (χ1n) is 6.55. The van der Waals surface area contributed by atoms with Crippen LogP contribution in [0.5, 0.6) is 0 Å². The summed E-state index contributed by atoms with van der Waals surface area (Å²) in [7, 11) is -3.21. The van der Waals surface area contributed by atoms with Crippen molar-refractivity contribution >= 4 is 44.5 Å². The molecule has 114 valence electrons. The van der Waals surface area contributed by atoms with Gasteiger partial charge in [-0.15, -0.1) is 0 Å². The summed E-state index contributed by atoms with van der Waals surface area (Å²) in [5, 5.41) is -0.595. The zero-order valence-electron chi connectivity index (χ0n) is 11.5. The molecule has 1 unspecified atom stereocenters.